The van der Waals surface area contributed by atoms with Crippen molar-refractivity contribution < 1.29 is 22.5 Å². The normalized spacial score (nSPS) is 17.1. The molecule has 1 unspecified atom stereocenters. The van der Waals surface area contributed by atoms with Crippen LogP contribution >= 0.6 is 0 Å². The number of hydrogen-bond donors (Lipinski definition) is 1. The first-order valence-electron chi connectivity index (χ1n) is 8.07. The summed E-state index contributed by atoms with van der Waals surface area (Å²) in [5, 5.41) is 11.1. The van der Waals surface area contributed by atoms with Crippen LogP contribution in [-0.2, 0) is 14.8 Å². The van der Waals surface area contributed by atoms with E-state index < -0.39 is 20.6 Å². The third-order valence-electron chi connectivity index (χ3n) is 4.18. The zero-order valence-electron chi connectivity index (χ0n) is 13.9. The van der Waals surface area contributed by atoms with Crippen LogP contribution in [0.15, 0.2) is 52.0 Å². The molecule has 2 aromatic rings. The van der Waals surface area contributed by atoms with Gasteiger partial charge >= 0.3 is 0 Å². The fraction of sp³-hybridized carbons (Fsp3) is 0.375. The summed E-state index contributed by atoms with van der Waals surface area (Å²) < 4.78 is 38.5. The highest BCUT2D eigenvalue weighted by molar-refractivity contribution is 7.89. The van der Waals surface area contributed by atoms with E-state index in [9.17, 15) is 18.5 Å². The lowest BCUT2D eigenvalue weighted by atomic mass is 10.2. The van der Waals surface area contributed by atoms with E-state index in [0.717, 1.165) is 0 Å². The number of rotatable bonds is 7. The first kappa shape index (κ1) is 18.5. The monoisotopic (exact) mass is 381 g/mol. The minimum atomic E-state index is -4.05. The van der Waals surface area contributed by atoms with Gasteiger partial charge in [0, 0.05) is 25.7 Å². The number of morpholine rings is 1. The number of sulfonamides is 1. The second kappa shape index (κ2) is 7.96. The van der Waals surface area contributed by atoms with E-state index in [1.807, 2.05) is 0 Å². The molecule has 10 heteroatoms. The second-order valence-corrected chi connectivity index (χ2v) is 7.49. The number of ether oxygens (including phenoxy) is 1. The average Bonchev–Trinajstić information content (AvgIpc) is 3.17. The smallest absolute Gasteiger partial charge is 0.289 e. The second-order valence-electron chi connectivity index (χ2n) is 5.76. The number of furan rings is 1. The Morgan fingerprint density at radius 1 is 1.19 bits per heavy atom. The van der Waals surface area contributed by atoms with Gasteiger partial charge in [-0.2, -0.15) is 0 Å². The molecular formula is C16H19N3O6S. The van der Waals surface area contributed by atoms with Crippen molar-refractivity contribution in [2.75, 3.05) is 32.8 Å². The Balaban J connectivity index is 1.81. The SMILES string of the molecule is O=[N+]([O-])c1ccccc1S(=O)(=O)NCC(c1ccco1)N1CCOCC1. The lowest BCUT2D eigenvalue weighted by molar-refractivity contribution is -0.387. The molecule has 9 nitrogen and oxygen atoms in total. The molecule has 0 radical (unpaired) electrons. The van der Waals surface area contributed by atoms with Crippen molar-refractivity contribution in [2.45, 2.75) is 10.9 Å². The Morgan fingerprint density at radius 2 is 1.92 bits per heavy atom. The minimum Gasteiger partial charge on any atom is -0.468 e. The van der Waals surface area contributed by atoms with E-state index in [1.165, 1.54) is 30.5 Å². The molecular weight excluding hydrogens is 362 g/mol. The van der Waals surface area contributed by atoms with Crippen LogP contribution in [0, 0.1) is 10.1 Å². The first-order chi connectivity index (χ1) is 12.5. The van der Waals surface area contributed by atoms with Gasteiger partial charge in [-0.05, 0) is 18.2 Å². The van der Waals surface area contributed by atoms with E-state index in [4.69, 9.17) is 9.15 Å². The molecule has 2 heterocycles. The van der Waals surface area contributed by atoms with Crippen LogP contribution in [0.1, 0.15) is 11.8 Å². The summed E-state index contributed by atoms with van der Waals surface area (Å²) in [4.78, 5) is 12.1. The molecule has 1 atom stereocenters. The molecule has 1 saturated heterocycles. The Morgan fingerprint density at radius 3 is 2.58 bits per heavy atom. The van der Waals surface area contributed by atoms with Crippen molar-refractivity contribution in [1.82, 2.24) is 9.62 Å². The molecule has 26 heavy (non-hydrogen) atoms. The molecule has 1 aromatic carbocycles. The first-order valence-corrected chi connectivity index (χ1v) is 9.55. The third-order valence-corrected chi connectivity index (χ3v) is 5.65. The van der Waals surface area contributed by atoms with Gasteiger partial charge in [0.15, 0.2) is 4.90 Å². The maximum absolute atomic E-state index is 12.6. The van der Waals surface area contributed by atoms with Gasteiger partial charge in [-0.15, -0.1) is 0 Å². The number of nitrogens with zero attached hydrogens (tertiary/aromatic N) is 2. The lowest BCUT2D eigenvalue weighted by Crippen LogP contribution is -2.43. The summed E-state index contributed by atoms with van der Waals surface area (Å²) in [5.41, 5.74) is -0.457. The maximum atomic E-state index is 12.6. The van der Waals surface area contributed by atoms with Crippen molar-refractivity contribution in [3.05, 3.63) is 58.5 Å². The summed E-state index contributed by atoms with van der Waals surface area (Å²) in [5.74, 6) is 0.622. The van der Waals surface area contributed by atoms with E-state index in [2.05, 4.69) is 9.62 Å². The van der Waals surface area contributed by atoms with Gasteiger partial charge in [0.1, 0.15) is 5.76 Å². The molecule has 1 aromatic heterocycles. The summed E-state index contributed by atoms with van der Waals surface area (Å²) in [7, 11) is -4.05. The summed E-state index contributed by atoms with van der Waals surface area (Å²) in [6.45, 7) is 2.40. The molecule has 0 bridgehead atoms. The quantitative estimate of drug-likeness (QED) is 0.571. The van der Waals surface area contributed by atoms with Crippen molar-refractivity contribution >= 4 is 15.7 Å². The molecule has 1 fully saturated rings. The zero-order valence-corrected chi connectivity index (χ0v) is 14.7. The third kappa shape index (κ3) is 4.10. The predicted octanol–water partition coefficient (Wildman–Crippen LogP) is 1.54. The number of hydrogen-bond acceptors (Lipinski definition) is 7. The van der Waals surface area contributed by atoms with Crippen molar-refractivity contribution in [3.63, 3.8) is 0 Å². The van der Waals surface area contributed by atoms with Crippen LogP contribution in [0.3, 0.4) is 0 Å². The van der Waals surface area contributed by atoms with Crippen LogP contribution in [0.5, 0.6) is 0 Å². The molecule has 0 saturated carbocycles. The molecule has 1 aliphatic rings. The highest BCUT2D eigenvalue weighted by Gasteiger charge is 2.29. The van der Waals surface area contributed by atoms with Crippen molar-refractivity contribution in [3.8, 4) is 0 Å². The van der Waals surface area contributed by atoms with Gasteiger partial charge in [0.2, 0.25) is 10.0 Å². The topological polar surface area (TPSA) is 115 Å². The van der Waals surface area contributed by atoms with Crippen LogP contribution in [-0.4, -0.2) is 51.1 Å². The minimum absolute atomic E-state index is 0.0297. The standard InChI is InChI=1S/C16H19N3O6S/c20-19(21)13-4-1-2-6-16(13)26(22,23)17-12-14(15-5-3-9-25-15)18-7-10-24-11-8-18/h1-6,9,14,17H,7-8,10-12H2. The average molecular weight is 381 g/mol. The Hall–Kier alpha value is -2.27. The fourth-order valence-corrected chi connectivity index (χ4v) is 4.09. The highest BCUT2D eigenvalue weighted by atomic mass is 32.2. The molecule has 3 rings (SSSR count). The Bertz CT molecular complexity index is 847. The van der Waals surface area contributed by atoms with E-state index in [-0.39, 0.29) is 17.5 Å². The Labute approximate surface area is 150 Å². The van der Waals surface area contributed by atoms with Gasteiger partial charge < -0.3 is 9.15 Å². The number of benzene rings is 1. The zero-order chi connectivity index (χ0) is 18.6. The number of nitro benzene ring substituents is 1. The van der Waals surface area contributed by atoms with Gasteiger partial charge in [-0.1, -0.05) is 12.1 Å². The summed E-state index contributed by atoms with van der Waals surface area (Å²) in [6, 6.07) is 8.45. The van der Waals surface area contributed by atoms with Gasteiger partial charge in [-0.25, -0.2) is 13.1 Å². The van der Waals surface area contributed by atoms with E-state index in [0.29, 0.717) is 32.1 Å². The largest absolute Gasteiger partial charge is 0.468 e. The maximum Gasteiger partial charge on any atom is 0.289 e. The Kier molecular flexibility index (Phi) is 5.67. The summed E-state index contributed by atoms with van der Waals surface area (Å²) >= 11 is 0. The molecule has 0 spiro atoms. The highest BCUT2D eigenvalue weighted by Crippen LogP contribution is 2.25. The lowest BCUT2D eigenvalue weighted by Gasteiger charge is -2.33. The predicted molar refractivity (Wildman–Crippen MR) is 92.1 cm³/mol. The van der Waals surface area contributed by atoms with Gasteiger partial charge in [-0.3, -0.25) is 15.0 Å². The van der Waals surface area contributed by atoms with Crippen molar-refractivity contribution in [1.29, 1.82) is 0 Å². The molecule has 0 amide bonds. The fourth-order valence-electron chi connectivity index (χ4n) is 2.88. The number of para-hydroxylation sites is 1. The van der Waals surface area contributed by atoms with E-state index >= 15 is 0 Å². The van der Waals surface area contributed by atoms with Gasteiger partial charge in [0.25, 0.3) is 5.69 Å². The summed E-state index contributed by atoms with van der Waals surface area (Å²) in [6.07, 6.45) is 1.53. The van der Waals surface area contributed by atoms with Crippen LogP contribution in [0.4, 0.5) is 5.69 Å². The molecule has 1 N–H and O–H groups in total. The number of nitrogens with one attached hydrogen (secondary N) is 1. The van der Waals surface area contributed by atoms with Crippen LogP contribution < -0.4 is 4.72 Å². The van der Waals surface area contributed by atoms with Crippen LogP contribution in [0.2, 0.25) is 0 Å². The van der Waals surface area contributed by atoms with Crippen molar-refractivity contribution in [2.24, 2.45) is 0 Å². The van der Waals surface area contributed by atoms with Crippen LogP contribution in [0.25, 0.3) is 0 Å². The van der Waals surface area contributed by atoms with Gasteiger partial charge in [0.05, 0.1) is 30.4 Å². The molecule has 0 aliphatic carbocycles. The van der Waals surface area contributed by atoms with E-state index in [1.54, 1.807) is 12.1 Å². The molecule has 140 valence electrons. The molecule has 1 aliphatic heterocycles. The number of nitro groups is 1.